The number of hydrogen-bond donors (Lipinski definition) is 2. The van der Waals surface area contributed by atoms with E-state index in [0.29, 0.717) is 21.2 Å². The first-order valence-electron chi connectivity index (χ1n) is 6.34. The molecule has 1 unspecified atom stereocenters. The first kappa shape index (κ1) is 15.7. The Morgan fingerprint density at radius 3 is 2.52 bits per heavy atom. The molecule has 21 heavy (non-hydrogen) atoms. The van der Waals surface area contributed by atoms with E-state index in [1.165, 1.54) is 6.07 Å². The van der Waals surface area contributed by atoms with E-state index in [0.717, 1.165) is 5.56 Å². The minimum Gasteiger partial charge on any atom is -0.508 e. The molecule has 0 amide bonds. The van der Waals surface area contributed by atoms with Crippen molar-refractivity contribution in [2.45, 2.75) is 19.3 Å². The van der Waals surface area contributed by atoms with Crippen molar-refractivity contribution >= 4 is 29.2 Å². The summed E-state index contributed by atoms with van der Waals surface area (Å²) < 4.78 is 0. The molecule has 0 aliphatic rings. The van der Waals surface area contributed by atoms with Crippen molar-refractivity contribution in [3.8, 4) is 5.75 Å². The van der Waals surface area contributed by atoms with Crippen LogP contribution in [0.3, 0.4) is 0 Å². The van der Waals surface area contributed by atoms with Crippen molar-refractivity contribution in [3.63, 3.8) is 0 Å². The smallest absolute Gasteiger partial charge is 0.311 e. The van der Waals surface area contributed by atoms with E-state index >= 15 is 0 Å². The number of aromatic hydroxyl groups is 1. The van der Waals surface area contributed by atoms with Gasteiger partial charge in [-0.15, -0.1) is 0 Å². The zero-order valence-electron chi connectivity index (χ0n) is 11.3. The number of benzene rings is 2. The minimum atomic E-state index is -0.978. The second-order valence-corrected chi connectivity index (χ2v) is 5.72. The van der Waals surface area contributed by atoms with E-state index < -0.39 is 11.9 Å². The monoisotopic (exact) mass is 324 g/mol. The molecule has 1 atom stereocenters. The van der Waals surface area contributed by atoms with Gasteiger partial charge in [0.05, 0.1) is 5.92 Å². The minimum absolute atomic E-state index is 0.0314. The van der Waals surface area contributed by atoms with Crippen LogP contribution >= 0.6 is 23.2 Å². The number of rotatable bonds is 4. The van der Waals surface area contributed by atoms with Crippen LogP contribution in [-0.4, -0.2) is 16.2 Å². The fourth-order valence-corrected chi connectivity index (χ4v) is 2.49. The van der Waals surface area contributed by atoms with E-state index in [1.54, 1.807) is 30.3 Å². The van der Waals surface area contributed by atoms with Crippen LogP contribution in [0.15, 0.2) is 36.4 Å². The highest BCUT2D eigenvalue weighted by Crippen LogP contribution is 2.30. The molecule has 0 fully saturated rings. The second kappa shape index (κ2) is 6.37. The standard InChI is InChI=1S/C16H14Cl2O3/c1-9-2-3-10(8-14(9)18)13(16(20)21)7-11-6-12(17)4-5-15(11)19/h2-6,8,13,19H,7H2,1H3,(H,20,21). The average Bonchev–Trinajstić information content (AvgIpc) is 2.42. The Morgan fingerprint density at radius 2 is 1.90 bits per heavy atom. The van der Waals surface area contributed by atoms with Crippen LogP contribution in [0.25, 0.3) is 0 Å². The molecule has 5 heteroatoms. The third-order valence-corrected chi connectivity index (χ3v) is 4.00. The molecule has 2 N–H and O–H groups in total. The molecular weight excluding hydrogens is 311 g/mol. The second-order valence-electron chi connectivity index (χ2n) is 4.88. The molecule has 0 aliphatic carbocycles. The van der Waals surface area contributed by atoms with Crippen LogP contribution in [0, 0.1) is 6.92 Å². The van der Waals surface area contributed by atoms with Crippen molar-refractivity contribution in [2.75, 3.05) is 0 Å². The van der Waals surface area contributed by atoms with Gasteiger partial charge in [-0.2, -0.15) is 0 Å². The Labute approximate surface area is 132 Å². The van der Waals surface area contributed by atoms with E-state index in [-0.39, 0.29) is 12.2 Å². The highest BCUT2D eigenvalue weighted by Gasteiger charge is 2.22. The molecule has 3 nitrogen and oxygen atoms in total. The van der Waals surface area contributed by atoms with E-state index in [9.17, 15) is 15.0 Å². The summed E-state index contributed by atoms with van der Waals surface area (Å²) >= 11 is 12.0. The molecule has 0 aromatic heterocycles. The fraction of sp³-hybridized carbons (Fsp3) is 0.188. The normalized spacial score (nSPS) is 12.1. The molecular formula is C16H14Cl2O3. The van der Waals surface area contributed by atoms with E-state index in [2.05, 4.69) is 0 Å². The Bertz CT molecular complexity index is 683. The van der Waals surface area contributed by atoms with E-state index in [4.69, 9.17) is 23.2 Å². The number of carboxylic acids is 1. The predicted octanol–water partition coefficient (Wildman–Crippen LogP) is 4.42. The number of halogens is 2. The van der Waals surface area contributed by atoms with Gasteiger partial charge in [0.15, 0.2) is 0 Å². The van der Waals surface area contributed by atoms with Crippen LogP contribution in [0.1, 0.15) is 22.6 Å². The summed E-state index contributed by atoms with van der Waals surface area (Å²) in [5.74, 6) is -1.74. The highest BCUT2D eigenvalue weighted by atomic mass is 35.5. The largest absolute Gasteiger partial charge is 0.508 e. The van der Waals surface area contributed by atoms with E-state index in [1.807, 2.05) is 6.92 Å². The molecule has 2 rings (SSSR count). The predicted molar refractivity (Wildman–Crippen MR) is 83.4 cm³/mol. The summed E-state index contributed by atoms with van der Waals surface area (Å²) in [6, 6.07) is 9.75. The van der Waals surface area contributed by atoms with Gasteiger partial charge in [-0.05, 0) is 54.3 Å². The van der Waals surface area contributed by atoms with Crippen LogP contribution in [-0.2, 0) is 11.2 Å². The fourth-order valence-electron chi connectivity index (χ4n) is 2.11. The van der Waals surface area contributed by atoms with Gasteiger partial charge in [0.2, 0.25) is 0 Å². The molecule has 110 valence electrons. The van der Waals surface area contributed by atoms with Crippen LogP contribution in [0.5, 0.6) is 5.75 Å². The molecule has 0 heterocycles. The first-order chi connectivity index (χ1) is 9.88. The topological polar surface area (TPSA) is 57.5 Å². The van der Waals surface area contributed by atoms with Gasteiger partial charge in [0.1, 0.15) is 5.75 Å². The van der Waals surface area contributed by atoms with Gasteiger partial charge in [0, 0.05) is 10.0 Å². The van der Waals surface area contributed by atoms with Crippen LogP contribution in [0.4, 0.5) is 0 Å². The van der Waals surface area contributed by atoms with Crippen molar-refractivity contribution < 1.29 is 15.0 Å². The number of carboxylic acid groups (broad SMARTS) is 1. The molecule has 0 spiro atoms. The summed E-state index contributed by atoms with van der Waals surface area (Å²) in [7, 11) is 0. The lowest BCUT2D eigenvalue weighted by molar-refractivity contribution is -0.138. The Morgan fingerprint density at radius 1 is 1.19 bits per heavy atom. The van der Waals surface area contributed by atoms with Crippen molar-refractivity contribution in [1.29, 1.82) is 0 Å². The molecule has 2 aromatic rings. The van der Waals surface area contributed by atoms with Crippen molar-refractivity contribution in [2.24, 2.45) is 0 Å². The number of aliphatic carboxylic acids is 1. The Balaban J connectivity index is 2.37. The van der Waals surface area contributed by atoms with Crippen molar-refractivity contribution in [1.82, 2.24) is 0 Å². The SMILES string of the molecule is Cc1ccc(C(Cc2cc(Cl)ccc2O)C(=O)O)cc1Cl. The summed E-state index contributed by atoms with van der Waals surface area (Å²) in [6.07, 6.45) is 0.140. The maximum atomic E-state index is 11.5. The van der Waals surface area contributed by atoms with Crippen LogP contribution < -0.4 is 0 Å². The lowest BCUT2D eigenvalue weighted by Crippen LogP contribution is -2.14. The maximum absolute atomic E-state index is 11.5. The summed E-state index contributed by atoms with van der Waals surface area (Å²) in [5, 5.41) is 20.3. The number of aryl methyl sites for hydroxylation is 1. The zero-order chi connectivity index (χ0) is 15.6. The molecule has 0 radical (unpaired) electrons. The number of hydrogen-bond acceptors (Lipinski definition) is 2. The van der Waals surface area contributed by atoms with Gasteiger partial charge in [-0.25, -0.2) is 0 Å². The van der Waals surface area contributed by atoms with Gasteiger partial charge < -0.3 is 10.2 Å². The van der Waals surface area contributed by atoms with Gasteiger partial charge in [-0.3, -0.25) is 4.79 Å². The highest BCUT2D eigenvalue weighted by molar-refractivity contribution is 6.31. The molecule has 0 aliphatic heterocycles. The summed E-state index contributed by atoms with van der Waals surface area (Å²) in [4.78, 5) is 11.5. The Kier molecular flexibility index (Phi) is 4.76. The lowest BCUT2D eigenvalue weighted by Gasteiger charge is -2.15. The average molecular weight is 325 g/mol. The molecule has 0 saturated heterocycles. The third-order valence-electron chi connectivity index (χ3n) is 3.36. The first-order valence-corrected chi connectivity index (χ1v) is 7.10. The van der Waals surface area contributed by atoms with Crippen LogP contribution in [0.2, 0.25) is 10.0 Å². The Hall–Kier alpha value is -1.71. The summed E-state index contributed by atoms with van der Waals surface area (Å²) in [6.45, 7) is 1.85. The molecule has 0 saturated carbocycles. The van der Waals surface area contributed by atoms with Gasteiger partial charge in [0.25, 0.3) is 0 Å². The number of carbonyl (C=O) groups is 1. The lowest BCUT2D eigenvalue weighted by atomic mass is 9.91. The number of phenolic OH excluding ortho intramolecular Hbond substituents is 1. The van der Waals surface area contributed by atoms with Crippen molar-refractivity contribution in [3.05, 3.63) is 63.1 Å². The number of phenols is 1. The maximum Gasteiger partial charge on any atom is 0.311 e. The molecule has 0 bridgehead atoms. The third kappa shape index (κ3) is 3.69. The summed E-state index contributed by atoms with van der Waals surface area (Å²) in [5.41, 5.74) is 1.97. The quantitative estimate of drug-likeness (QED) is 0.875. The van der Waals surface area contributed by atoms with Gasteiger partial charge >= 0.3 is 5.97 Å². The zero-order valence-corrected chi connectivity index (χ0v) is 12.8. The molecule has 2 aromatic carbocycles. The van der Waals surface area contributed by atoms with Gasteiger partial charge in [-0.1, -0.05) is 35.3 Å².